The molecule has 0 spiro atoms. The molecular formula is C12H17N3O4. The summed E-state index contributed by atoms with van der Waals surface area (Å²) in [7, 11) is 1.74. The Hall–Kier alpha value is -1.89. The van der Waals surface area contributed by atoms with Crippen LogP contribution in [0.4, 0.5) is 0 Å². The smallest absolute Gasteiger partial charge is 0.341 e. The Bertz CT molecular complexity index is 483. The van der Waals surface area contributed by atoms with Crippen LogP contribution in [0.15, 0.2) is 6.20 Å². The normalized spacial score (nSPS) is 15.7. The summed E-state index contributed by atoms with van der Waals surface area (Å²) in [6, 6.07) is 0. The number of hydrogen-bond donors (Lipinski definition) is 0. The zero-order valence-corrected chi connectivity index (χ0v) is 11.1. The molecule has 19 heavy (non-hydrogen) atoms. The molecule has 7 heteroatoms. The molecule has 104 valence electrons. The van der Waals surface area contributed by atoms with E-state index in [2.05, 4.69) is 5.10 Å². The van der Waals surface area contributed by atoms with Gasteiger partial charge in [-0.2, -0.15) is 5.10 Å². The molecule has 1 aromatic heterocycles. The second kappa shape index (κ2) is 5.83. The molecule has 1 aromatic rings. The van der Waals surface area contributed by atoms with Gasteiger partial charge in [-0.15, -0.1) is 0 Å². The van der Waals surface area contributed by atoms with Gasteiger partial charge < -0.3 is 14.4 Å². The van der Waals surface area contributed by atoms with E-state index < -0.39 is 5.97 Å². The first kappa shape index (κ1) is 13.5. The number of aromatic nitrogens is 2. The lowest BCUT2D eigenvalue weighted by Gasteiger charge is -2.26. The Morgan fingerprint density at radius 1 is 1.58 bits per heavy atom. The van der Waals surface area contributed by atoms with Gasteiger partial charge in [0.15, 0.2) is 0 Å². The fourth-order valence-electron chi connectivity index (χ4n) is 1.93. The van der Waals surface area contributed by atoms with E-state index in [1.807, 2.05) is 0 Å². The maximum atomic E-state index is 11.8. The van der Waals surface area contributed by atoms with E-state index >= 15 is 0 Å². The maximum Gasteiger partial charge on any atom is 0.341 e. The highest BCUT2D eigenvalue weighted by molar-refractivity contribution is 5.90. The zero-order valence-electron chi connectivity index (χ0n) is 11.1. The van der Waals surface area contributed by atoms with Crippen LogP contribution >= 0.6 is 0 Å². The summed E-state index contributed by atoms with van der Waals surface area (Å²) < 4.78 is 11.6. The monoisotopic (exact) mass is 267 g/mol. The second-order valence-electron chi connectivity index (χ2n) is 4.22. The van der Waals surface area contributed by atoms with Crippen LogP contribution in [-0.4, -0.2) is 52.9 Å². The van der Waals surface area contributed by atoms with Gasteiger partial charge in [-0.25, -0.2) is 4.79 Å². The van der Waals surface area contributed by atoms with Gasteiger partial charge in [0.25, 0.3) is 0 Å². The molecular weight excluding hydrogens is 250 g/mol. The molecule has 7 nitrogen and oxygen atoms in total. The summed E-state index contributed by atoms with van der Waals surface area (Å²) in [5.41, 5.74) is 1.08. The van der Waals surface area contributed by atoms with Gasteiger partial charge in [0.05, 0.1) is 31.6 Å². The van der Waals surface area contributed by atoms with Crippen molar-refractivity contribution in [2.45, 2.75) is 13.5 Å². The zero-order chi connectivity index (χ0) is 13.8. The number of hydrogen-bond acceptors (Lipinski definition) is 5. The van der Waals surface area contributed by atoms with Crippen molar-refractivity contribution in [1.82, 2.24) is 14.7 Å². The molecule has 1 aliphatic rings. The minimum atomic E-state index is -0.411. The second-order valence-corrected chi connectivity index (χ2v) is 4.22. The first-order chi connectivity index (χ1) is 9.13. The van der Waals surface area contributed by atoms with Crippen LogP contribution in [0.5, 0.6) is 0 Å². The molecule has 0 bridgehead atoms. The van der Waals surface area contributed by atoms with Gasteiger partial charge in [0.2, 0.25) is 5.91 Å². The highest BCUT2D eigenvalue weighted by Gasteiger charge is 2.24. The van der Waals surface area contributed by atoms with E-state index in [4.69, 9.17) is 9.47 Å². The van der Waals surface area contributed by atoms with Crippen molar-refractivity contribution in [3.8, 4) is 0 Å². The molecule has 1 aliphatic heterocycles. The Labute approximate surface area is 111 Å². The van der Waals surface area contributed by atoms with E-state index in [1.54, 1.807) is 23.6 Å². The van der Waals surface area contributed by atoms with E-state index in [0.29, 0.717) is 37.6 Å². The number of rotatable bonds is 4. The molecule has 0 radical (unpaired) electrons. The van der Waals surface area contributed by atoms with Crippen LogP contribution in [-0.2, 0) is 27.9 Å². The van der Waals surface area contributed by atoms with Gasteiger partial charge in [0, 0.05) is 13.6 Å². The predicted molar refractivity (Wildman–Crippen MR) is 65.4 cm³/mol. The van der Waals surface area contributed by atoms with Gasteiger partial charge in [-0.3, -0.25) is 9.48 Å². The minimum absolute atomic E-state index is 0.0812. The molecule has 0 saturated carbocycles. The third-order valence-corrected chi connectivity index (χ3v) is 2.98. The molecule has 0 atom stereocenters. The van der Waals surface area contributed by atoms with Crippen molar-refractivity contribution in [3.63, 3.8) is 0 Å². The minimum Gasteiger partial charge on any atom is -0.462 e. The average molecular weight is 267 g/mol. The lowest BCUT2D eigenvalue weighted by atomic mass is 10.2. The summed E-state index contributed by atoms with van der Waals surface area (Å²) in [5, 5.41) is 4.06. The van der Waals surface area contributed by atoms with Crippen molar-refractivity contribution in [2.24, 2.45) is 7.05 Å². The molecule has 0 aliphatic carbocycles. The summed E-state index contributed by atoms with van der Waals surface area (Å²) in [6.45, 7) is 3.52. The fraction of sp³-hybridized carbons (Fsp3) is 0.583. The van der Waals surface area contributed by atoms with Crippen molar-refractivity contribution >= 4 is 11.9 Å². The number of carbonyl (C=O) groups is 2. The molecule has 2 heterocycles. The first-order valence-corrected chi connectivity index (χ1v) is 6.17. The molecule has 2 rings (SSSR count). The fourth-order valence-corrected chi connectivity index (χ4v) is 1.93. The highest BCUT2D eigenvalue weighted by Crippen LogP contribution is 2.13. The third-order valence-electron chi connectivity index (χ3n) is 2.98. The summed E-state index contributed by atoms with van der Waals surface area (Å²) >= 11 is 0. The van der Waals surface area contributed by atoms with Crippen LogP contribution in [0.3, 0.4) is 0 Å². The largest absolute Gasteiger partial charge is 0.462 e. The number of esters is 1. The maximum absolute atomic E-state index is 11.8. The molecule has 0 N–H and O–H groups in total. The Morgan fingerprint density at radius 2 is 2.37 bits per heavy atom. The van der Waals surface area contributed by atoms with Crippen LogP contribution in [0.1, 0.15) is 23.0 Å². The van der Waals surface area contributed by atoms with E-state index in [1.165, 1.54) is 6.20 Å². The molecule has 0 unspecified atom stereocenters. The highest BCUT2D eigenvalue weighted by atomic mass is 16.5. The van der Waals surface area contributed by atoms with Crippen LogP contribution in [0.2, 0.25) is 0 Å². The molecule has 0 aromatic carbocycles. The first-order valence-electron chi connectivity index (χ1n) is 6.17. The van der Waals surface area contributed by atoms with E-state index in [0.717, 1.165) is 0 Å². The molecule has 1 saturated heterocycles. The van der Waals surface area contributed by atoms with Crippen molar-refractivity contribution in [3.05, 3.63) is 17.5 Å². The van der Waals surface area contributed by atoms with E-state index in [-0.39, 0.29) is 12.5 Å². The SMILES string of the molecule is CCOC(=O)c1cnn(C)c1CN1CCOCC1=O. The van der Waals surface area contributed by atoms with Gasteiger partial charge in [-0.05, 0) is 6.92 Å². The van der Waals surface area contributed by atoms with Crippen LogP contribution in [0.25, 0.3) is 0 Å². The van der Waals surface area contributed by atoms with Crippen LogP contribution < -0.4 is 0 Å². The number of nitrogens with zero attached hydrogens (tertiary/aromatic N) is 3. The third kappa shape index (κ3) is 2.93. The van der Waals surface area contributed by atoms with E-state index in [9.17, 15) is 9.59 Å². The number of carbonyl (C=O) groups excluding carboxylic acids is 2. The van der Waals surface area contributed by atoms with Crippen LogP contribution in [0, 0.1) is 0 Å². The Balaban J connectivity index is 2.17. The van der Waals surface area contributed by atoms with Crippen molar-refractivity contribution in [1.29, 1.82) is 0 Å². The predicted octanol–water partition coefficient (Wildman–Crippen LogP) is -0.0444. The number of morpholine rings is 1. The standard InChI is InChI=1S/C12H17N3O4/c1-3-19-12(17)9-6-13-14(2)10(9)7-15-4-5-18-8-11(15)16/h6H,3-5,7-8H2,1-2H3. The lowest BCUT2D eigenvalue weighted by Crippen LogP contribution is -2.41. The van der Waals surface area contributed by atoms with Crippen molar-refractivity contribution in [2.75, 3.05) is 26.4 Å². The van der Waals surface area contributed by atoms with Gasteiger partial charge in [-0.1, -0.05) is 0 Å². The quantitative estimate of drug-likeness (QED) is 0.715. The summed E-state index contributed by atoms with van der Waals surface area (Å²) in [5.74, 6) is -0.492. The topological polar surface area (TPSA) is 73.7 Å². The Kier molecular flexibility index (Phi) is 4.16. The summed E-state index contributed by atoms with van der Waals surface area (Å²) in [4.78, 5) is 25.1. The summed E-state index contributed by atoms with van der Waals surface area (Å²) in [6.07, 6.45) is 1.47. The van der Waals surface area contributed by atoms with Gasteiger partial charge >= 0.3 is 5.97 Å². The Morgan fingerprint density at radius 3 is 3.05 bits per heavy atom. The average Bonchev–Trinajstić information content (AvgIpc) is 2.74. The van der Waals surface area contributed by atoms with Crippen molar-refractivity contribution < 1.29 is 19.1 Å². The number of amides is 1. The number of aryl methyl sites for hydroxylation is 1. The van der Waals surface area contributed by atoms with Gasteiger partial charge in [0.1, 0.15) is 12.2 Å². The number of ether oxygens (including phenoxy) is 2. The lowest BCUT2D eigenvalue weighted by molar-refractivity contribution is -0.143. The molecule has 1 fully saturated rings. The molecule has 1 amide bonds.